The van der Waals surface area contributed by atoms with Crippen LogP contribution in [-0.2, 0) is 14.3 Å². The maximum atomic E-state index is 13.4. The zero-order chi connectivity index (χ0) is 21.3. The van der Waals surface area contributed by atoms with Crippen LogP contribution in [0.3, 0.4) is 0 Å². The molecule has 1 fully saturated rings. The standard InChI is InChI=1S/C24H35NO4/c1-14(2)11-20-22-17(5)16(4)13-18-12-15(3)7-6-8-19(26)9-10-21(27)29-24(18,22)23(28)25-20/h9-10,12-14,17-20,22,26H,6-8,11H2,1-5H3,(H,25,28)/b10-9-,15-12-/t17-,18+,19-,20+,22+,24-/m1/s1. The van der Waals surface area contributed by atoms with E-state index in [9.17, 15) is 14.7 Å². The van der Waals surface area contributed by atoms with Crippen molar-refractivity contribution in [2.75, 3.05) is 0 Å². The van der Waals surface area contributed by atoms with Gasteiger partial charge in [0, 0.05) is 24.0 Å². The van der Waals surface area contributed by atoms with E-state index in [-0.39, 0.29) is 29.7 Å². The van der Waals surface area contributed by atoms with Crippen molar-refractivity contribution in [2.24, 2.45) is 23.7 Å². The van der Waals surface area contributed by atoms with E-state index in [1.54, 1.807) is 0 Å². The fraction of sp³-hybridized carbons (Fsp3) is 0.667. The third kappa shape index (κ3) is 4.20. The van der Waals surface area contributed by atoms with Crippen LogP contribution >= 0.6 is 0 Å². The Morgan fingerprint density at radius 2 is 2.00 bits per heavy atom. The van der Waals surface area contributed by atoms with Gasteiger partial charge in [0.1, 0.15) is 0 Å². The maximum Gasteiger partial charge on any atom is 0.331 e. The molecule has 1 amide bonds. The Kier molecular flexibility index (Phi) is 6.37. The third-order valence-corrected chi connectivity index (χ3v) is 6.78. The van der Waals surface area contributed by atoms with Gasteiger partial charge in [-0.3, -0.25) is 4.79 Å². The van der Waals surface area contributed by atoms with Crippen molar-refractivity contribution < 1.29 is 19.4 Å². The third-order valence-electron chi connectivity index (χ3n) is 6.78. The molecule has 0 aromatic rings. The van der Waals surface area contributed by atoms with E-state index in [2.05, 4.69) is 52.1 Å². The van der Waals surface area contributed by atoms with E-state index >= 15 is 0 Å². The SMILES string of the molecule is CC1=C[C@@H]2/C=C(/C)CCC[C@@H](O)/C=C\C(=O)O[C@]23C(=O)N[C@@H](CC(C)C)[C@@H]3[C@@H]1C. The van der Waals surface area contributed by atoms with E-state index in [4.69, 9.17) is 4.74 Å². The molecule has 0 bridgehead atoms. The summed E-state index contributed by atoms with van der Waals surface area (Å²) in [5, 5.41) is 13.3. The Hall–Kier alpha value is -1.88. The van der Waals surface area contributed by atoms with Crippen LogP contribution in [0.4, 0.5) is 0 Å². The summed E-state index contributed by atoms with van der Waals surface area (Å²) >= 11 is 0. The number of amides is 1. The van der Waals surface area contributed by atoms with Gasteiger partial charge in [-0.25, -0.2) is 4.79 Å². The lowest BCUT2D eigenvalue weighted by atomic mass is 9.63. The molecule has 6 atom stereocenters. The monoisotopic (exact) mass is 401 g/mol. The van der Waals surface area contributed by atoms with Crippen LogP contribution in [0.1, 0.15) is 60.3 Å². The summed E-state index contributed by atoms with van der Waals surface area (Å²) in [6.45, 7) is 10.6. The molecule has 5 nitrogen and oxygen atoms in total. The Morgan fingerprint density at radius 1 is 1.28 bits per heavy atom. The summed E-state index contributed by atoms with van der Waals surface area (Å²) in [6.07, 6.45) is 9.40. The summed E-state index contributed by atoms with van der Waals surface area (Å²) in [4.78, 5) is 26.2. The zero-order valence-corrected chi connectivity index (χ0v) is 18.3. The molecule has 3 aliphatic rings. The Balaban J connectivity index is 2.13. The van der Waals surface area contributed by atoms with Crippen LogP contribution in [0.5, 0.6) is 0 Å². The van der Waals surface area contributed by atoms with Gasteiger partial charge in [0.25, 0.3) is 5.91 Å². The molecular weight excluding hydrogens is 366 g/mol. The number of hydrogen-bond donors (Lipinski definition) is 2. The van der Waals surface area contributed by atoms with Gasteiger partial charge in [0.05, 0.1) is 6.10 Å². The lowest BCUT2D eigenvalue weighted by Gasteiger charge is -2.45. The summed E-state index contributed by atoms with van der Waals surface area (Å²) in [5.41, 5.74) is 1.14. The molecule has 3 rings (SSSR count). The number of aliphatic hydroxyl groups excluding tert-OH is 1. The lowest BCUT2D eigenvalue weighted by molar-refractivity contribution is -0.172. The number of rotatable bonds is 2. The molecule has 2 heterocycles. The molecule has 29 heavy (non-hydrogen) atoms. The number of nitrogens with one attached hydrogen (secondary N) is 1. The highest BCUT2D eigenvalue weighted by atomic mass is 16.6. The fourth-order valence-corrected chi connectivity index (χ4v) is 5.29. The second-order valence-corrected chi connectivity index (χ2v) is 9.51. The van der Waals surface area contributed by atoms with Gasteiger partial charge in [0.2, 0.25) is 5.60 Å². The summed E-state index contributed by atoms with van der Waals surface area (Å²) in [5.74, 6) is -0.632. The normalized spacial score (nSPS) is 41.0. The van der Waals surface area contributed by atoms with Gasteiger partial charge < -0.3 is 15.2 Å². The number of hydrogen-bond acceptors (Lipinski definition) is 4. The minimum Gasteiger partial charge on any atom is -0.444 e. The average molecular weight is 402 g/mol. The zero-order valence-electron chi connectivity index (χ0n) is 18.3. The number of esters is 1. The van der Waals surface area contributed by atoms with Crippen LogP contribution in [0.15, 0.2) is 35.5 Å². The van der Waals surface area contributed by atoms with Crippen molar-refractivity contribution >= 4 is 11.9 Å². The van der Waals surface area contributed by atoms with Gasteiger partial charge in [-0.1, -0.05) is 44.1 Å². The van der Waals surface area contributed by atoms with Crippen molar-refractivity contribution in [3.8, 4) is 0 Å². The fourth-order valence-electron chi connectivity index (χ4n) is 5.29. The van der Waals surface area contributed by atoms with E-state index in [0.29, 0.717) is 12.3 Å². The van der Waals surface area contributed by atoms with Crippen molar-refractivity contribution in [1.82, 2.24) is 5.32 Å². The smallest absolute Gasteiger partial charge is 0.331 e. The van der Waals surface area contributed by atoms with E-state index in [0.717, 1.165) is 24.8 Å². The van der Waals surface area contributed by atoms with E-state index in [1.807, 2.05) is 0 Å². The first-order chi connectivity index (χ1) is 13.6. The number of carbonyl (C=O) groups excluding carboxylic acids is 2. The van der Waals surface area contributed by atoms with Crippen LogP contribution < -0.4 is 5.32 Å². The minimum absolute atomic E-state index is 0.0346. The molecule has 2 aliphatic heterocycles. The molecule has 1 saturated heterocycles. The van der Waals surface area contributed by atoms with Crippen LogP contribution in [0.2, 0.25) is 0 Å². The van der Waals surface area contributed by atoms with Crippen molar-refractivity contribution in [3.05, 3.63) is 35.5 Å². The molecule has 1 spiro atoms. The largest absolute Gasteiger partial charge is 0.444 e. The van der Waals surface area contributed by atoms with Crippen LogP contribution in [-0.4, -0.2) is 34.7 Å². The molecule has 0 unspecified atom stereocenters. The molecule has 1 aliphatic carbocycles. The summed E-state index contributed by atoms with van der Waals surface area (Å²) in [7, 11) is 0. The van der Waals surface area contributed by atoms with Gasteiger partial charge in [-0.15, -0.1) is 0 Å². The predicted molar refractivity (Wildman–Crippen MR) is 113 cm³/mol. The van der Waals surface area contributed by atoms with Gasteiger partial charge in [0.15, 0.2) is 0 Å². The maximum absolute atomic E-state index is 13.4. The van der Waals surface area contributed by atoms with Gasteiger partial charge >= 0.3 is 5.97 Å². The highest BCUT2D eigenvalue weighted by Gasteiger charge is 2.64. The number of allylic oxidation sites excluding steroid dienone is 2. The second-order valence-electron chi connectivity index (χ2n) is 9.51. The topological polar surface area (TPSA) is 75.6 Å². The second kappa shape index (κ2) is 8.47. The number of aliphatic hydroxyl groups is 1. The van der Waals surface area contributed by atoms with Crippen molar-refractivity contribution in [2.45, 2.75) is 78.0 Å². The molecule has 5 heteroatoms. The molecule has 160 valence electrons. The first-order valence-electron chi connectivity index (χ1n) is 10.9. The van der Waals surface area contributed by atoms with Gasteiger partial charge in [-0.05, 0) is 57.4 Å². The Labute approximate surface area is 174 Å². The minimum atomic E-state index is -1.24. The number of ether oxygens (including phenoxy) is 1. The highest BCUT2D eigenvalue weighted by Crippen LogP contribution is 2.50. The molecule has 2 N–H and O–H groups in total. The van der Waals surface area contributed by atoms with E-state index < -0.39 is 17.7 Å². The van der Waals surface area contributed by atoms with E-state index in [1.165, 1.54) is 17.7 Å². The first kappa shape index (κ1) is 21.8. The quantitative estimate of drug-likeness (QED) is 0.547. The molecule has 0 saturated carbocycles. The van der Waals surface area contributed by atoms with Crippen molar-refractivity contribution in [3.63, 3.8) is 0 Å². The van der Waals surface area contributed by atoms with Crippen LogP contribution in [0, 0.1) is 23.7 Å². The van der Waals surface area contributed by atoms with Crippen molar-refractivity contribution in [1.29, 1.82) is 0 Å². The summed E-state index contributed by atoms with van der Waals surface area (Å²) in [6, 6.07) is -0.0346. The highest BCUT2D eigenvalue weighted by molar-refractivity contribution is 5.94. The Bertz CT molecular complexity index is 750. The van der Waals surface area contributed by atoms with Gasteiger partial charge in [-0.2, -0.15) is 0 Å². The molecule has 0 aromatic carbocycles. The lowest BCUT2D eigenvalue weighted by Crippen LogP contribution is -2.56. The Morgan fingerprint density at radius 3 is 2.69 bits per heavy atom. The molecular formula is C24H35NO4. The molecule has 0 radical (unpaired) electrons. The molecule has 0 aromatic heterocycles. The first-order valence-corrected chi connectivity index (χ1v) is 10.9. The predicted octanol–water partition coefficient (Wildman–Crippen LogP) is 3.69. The van der Waals surface area contributed by atoms with Crippen LogP contribution in [0.25, 0.3) is 0 Å². The number of carbonyl (C=O) groups is 2. The average Bonchev–Trinajstić information content (AvgIpc) is 2.89. The summed E-state index contributed by atoms with van der Waals surface area (Å²) < 4.78 is 6.04.